The Bertz CT molecular complexity index is 540. The number of hydrogen-bond acceptors (Lipinski definition) is 3. The van der Waals surface area contributed by atoms with E-state index < -0.39 is 5.97 Å². The van der Waals surface area contributed by atoms with Crippen molar-refractivity contribution in [3.05, 3.63) is 41.0 Å². The smallest absolute Gasteiger partial charge is 0.328 e. The summed E-state index contributed by atoms with van der Waals surface area (Å²) in [6, 6.07) is 5.24. The summed E-state index contributed by atoms with van der Waals surface area (Å²) in [6.45, 7) is 4.61. The number of thioether (sulfide) groups is 1. The minimum Gasteiger partial charge on any atom is -0.478 e. The third kappa shape index (κ3) is 6.04. The highest BCUT2D eigenvalue weighted by Gasteiger charge is 2.08. The van der Waals surface area contributed by atoms with Crippen LogP contribution in [-0.2, 0) is 4.79 Å². The molecule has 4 nitrogen and oxygen atoms in total. The van der Waals surface area contributed by atoms with E-state index in [4.69, 9.17) is 5.11 Å². The molecule has 1 atom stereocenters. The highest BCUT2D eigenvalue weighted by molar-refractivity contribution is 7.98. The van der Waals surface area contributed by atoms with Gasteiger partial charge in [-0.1, -0.05) is 13.0 Å². The molecule has 0 spiro atoms. The summed E-state index contributed by atoms with van der Waals surface area (Å²) in [7, 11) is 0. The van der Waals surface area contributed by atoms with E-state index in [0.717, 1.165) is 23.0 Å². The van der Waals surface area contributed by atoms with Crippen molar-refractivity contribution in [1.82, 2.24) is 5.32 Å². The molecule has 0 saturated heterocycles. The van der Waals surface area contributed by atoms with Crippen LogP contribution in [0.4, 0.5) is 0 Å². The fourth-order valence-corrected chi connectivity index (χ4v) is 2.56. The van der Waals surface area contributed by atoms with Gasteiger partial charge >= 0.3 is 5.97 Å². The maximum atomic E-state index is 12.1. The number of aliphatic carboxylic acids is 1. The molecule has 1 aromatic carbocycles. The molecule has 0 aliphatic carbocycles. The molecular formula is C16H21NO3S. The van der Waals surface area contributed by atoms with Crippen molar-refractivity contribution in [2.45, 2.75) is 13.8 Å². The lowest BCUT2D eigenvalue weighted by Gasteiger charge is -2.12. The number of benzene rings is 1. The van der Waals surface area contributed by atoms with Crippen LogP contribution >= 0.6 is 11.8 Å². The maximum Gasteiger partial charge on any atom is 0.328 e. The van der Waals surface area contributed by atoms with E-state index >= 15 is 0 Å². The Kier molecular flexibility index (Phi) is 7.02. The lowest BCUT2D eigenvalue weighted by atomic mass is 10.0. The molecule has 0 bridgehead atoms. The summed E-state index contributed by atoms with van der Waals surface area (Å²) < 4.78 is 0. The van der Waals surface area contributed by atoms with Gasteiger partial charge in [-0.3, -0.25) is 4.79 Å². The Labute approximate surface area is 129 Å². The van der Waals surface area contributed by atoms with Crippen LogP contribution in [0.3, 0.4) is 0 Å². The third-order valence-corrected chi connectivity index (χ3v) is 3.90. The number of aryl methyl sites for hydroxylation is 1. The first-order valence-electron chi connectivity index (χ1n) is 6.72. The summed E-state index contributed by atoms with van der Waals surface area (Å²) in [4.78, 5) is 22.6. The predicted octanol–water partition coefficient (Wildman–Crippen LogP) is 2.82. The van der Waals surface area contributed by atoms with Gasteiger partial charge in [0.25, 0.3) is 5.91 Å². The van der Waals surface area contributed by atoms with Crippen LogP contribution in [0, 0.1) is 12.8 Å². The molecule has 5 heteroatoms. The predicted molar refractivity (Wildman–Crippen MR) is 87.7 cm³/mol. The van der Waals surface area contributed by atoms with Crippen molar-refractivity contribution in [2.75, 3.05) is 18.6 Å². The molecule has 114 valence electrons. The summed E-state index contributed by atoms with van der Waals surface area (Å²) in [5, 5.41) is 11.5. The molecule has 1 amide bonds. The minimum absolute atomic E-state index is 0.0974. The first-order valence-corrected chi connectivity index (χ1v) is 8.12. The lowest BCUT2D eigenvalue weighted by Crippen LogP contribution is -2.29. The van der Waals surface area contributed by atoms with Crippen molar-refractivity contribution in [1.29, 1.82) is 0 Å². The van der Waals surface area contributed by atoms with Gasteiger partial charge in [-0.25, -0.2) is 4.79 Å². The van der Waals surface area contributed by atoms with Gasteiger partial charge in [-0.15, -0.1) is 0 Å². The van der Waals surface area contributed by atoms with Gasteiger partial charge in [0.05, 0.1) is 0 Å². The zero-order valence-corrected chi connectivity index (χ0v) is 13.4. The zero-order chi connectivity index (χ0) is 15.8. The normalized spacial score (nSPS) is 12.3. The highest BCUT2D eigenvalue weighted by Crippen LogP contribution is 2.13. The van der Waals surface area contributed by atoms with Crippen LogP contribution < -0.4 is 5.32 Å². The van der Waals surface area contributed by atoms with Gasteiger partial charge in [0.1, 0.15) is 0 Å². The molecule has 21 heavy (non-hydrogen) atoms. The van der Waals surface area contributed by atoms with Crippen molar-refractivity contribution < 1.29 is 14.7 Å². The SMILES string of the molecule is CSCC(C)CNC(=O)c1ccc(/C=C/C(=O)O)c(C)c1. The molecule has 0 aromatic heterocycles. The van der Waals surface area contributed by atoms with Gasteiger partial charge < -0.3 is 10.4 Å². The molecule has 1 aromatic rings. The van der Waals surface area contributed by atoms with E-state index in [1.54, 1.807) is 30.0 Å². The fraction of sp³-hybridized carbons (Fsp3) is 0.375. The van der Waals surface area contributed by atoms with Gasteiger partial charge in [-0.05, 0) is 54.2 Å². The number of carbonyl (C=O) groups is 2. The minimum atomic E-state index is -0.987. The third-order valence-electron chi connectivity index (χ3n) is 3.00. The monoisotopic (exact) mass is 307 g/mol. The fourth-order valence-electron chi connectivity index (χ4n) is 1.88. The van der Waals surface area contributed by atoms with E-state index in [1.165, 1.54) is 6.08 Å². The molecule has 0 saturated carbocycles. The lowest BCUT2D eigenvalue weighted by molar-refractivity contribution is -0.131. The molecular weight excluding hydrogens is 286 g/mol. The molecule has 0 fully saturated rings. The van der Waals surface area contributed by atoms with E-state index in [1.807, 2.05) is 13.2 Å². The number of carboxylic acids is 1. The molecule has 0 heterocycles. The topological polar surface area (TPSA) is 66.4 Å². The number of carbonyl (C=O) groups excluding carboxylic acids is 1. The first-order chi connectivity index (χ1) is 9.93. The number of amides is 1. The van der Waals surface area contributed by atoms with Gasteiger partial charge in [0.2, 0.25) is 0 Å². The van der Waals surface area contributed by atoms with Crippen molar-refractivity contribution >= 4 is 29.7 Å². The van der Waals surface area contributed by atoms with Gasteiger partial charge in [0.15, 0.2) is 0 Å². The molecule has 2 N–H and O–H groups in total. The van der Waals surface area contributed by atoms with Crippen LogP contribution in [0.15, 0.2) is 24.3 Å². The van der Waals surface area contributed by atoms with Gasteiger partial charge in [0, 0.05) is 18.2 Å². The number of nitrogens with one attached hydrogen (secondary N) is 1. The van der Waals surface area contributed by atoms with E-state index in [-0.39, 0.29) is 5.91 Å². The number of rotatable bonds is 7. The van der Waals surface area contributed by atoms with Crippen molar-refractivity contribution in [2.24, 2.45) is 5.92 Å². The largest absolute Gasteiger partial charge is 0.478 e. The van der Waals surface area contributed by atoms with E-state index in [2.05, 4.69) is 12.2 Å². The maximum absolute atomic E-state index is 12.1. The average Bonchev–Trinajstić information content (AvgIpc) is 2.43. The second kappa shape index (κ2) is 8.52. The second-order valence-corrected chi connectivity index (χ2v) is 5.92. The Morgan fingerprint density at radius 3 is 2.71 bits per heavy atom. The Morgan fingerprint density at radius 2 is 2.14 bits per heavy atom. The summed E-state index contributed by atoms with van der Waals surface area (Å²) in [5.74, 6) is 0.361. The Hall–Kier alpha value is -1.75. The standard InChI is InChI=1S/C16H21NO3S/c1-11(10-21-3)9-17-16(20)14-5-4-13(12(2)8-14)6-7-15(18)19/h4-8,11H,9-10H2,1-3H3,(H,17,20)(H,18,19)/b7-6+. The van der Waals surface area contributed by atoms with Crippen LogP contribution in [0.2, 0.25) is 0 Å². The Morgan fingerprint density at radius 1 is 1.43 bits per heavy atom. The summed E-state index contributed by atoms with van der Waals surface area (Å²) in [5.41, 5.74) is 2.26. The molecule has 0 aliphatic rings. The summed E-state index contributed by atoms with van der Waals surface area (Å²) >= 11 is 1.76. The molecule has 1 unspecified atom stereocenters. The first kappa shape index (κ1) is 17.3. The van der Waals surface area contributed by atoms with E-state index in [0.29, 0.717) is 18.0 Å². The summed E-state index contributed by atoms with van der Waals surface area (Å²) in [6.07, 6.45) is 4.66. The van der Waals surface area contributed by atoms with E-state index in [9.17, 15) is 9.59 Å². The van der Waals surface area contributed by atoms with Crippen LogP contribution in [0.1, 0.15) is 28.4 Å². The van der Waals surface area contributed by atoms with Crippen molar-refractivity contribution in [3.8, 4) is 0 Å². The average molecular weight is 307 g/mol. The van der Waals surface area contributed by atoms with Crippen LogP contribution in [0.5, 0.6) is 0 Å². The quantitative estimate of drug-likeness (QED) is 0.760. The van der Waals surface area contributed by atoms with Crippen LogP contribution in [0.25, 0.3) is 6.08 Å². The van der Waals surface area contributed by atoms with Crippen LogP contribution in [-0.4, -0.2) is 35.5 Å². The van der Waals surface area contributed by atoms with Gasteiger partial charge in [-0.2, -0.15) is 11.8 Å². The van der Waals surface area contributed by atoms with Crippen molar-refractivity contribution in [3.63, 3.8) is 0 Å². The number of hydrogen-bond donors (Lipinski definition) is 2. The highest BCUT2D eigenvalue weighted by atomic mass is 32.2. The molecule has 0 radical (unpaired) electrons. The zero-order valence-electron chi connectivity index (χ0n) is 12.6. The number of carboxylic acid groups (broad SMARTS) is 1. The molecule has 0 aliphatic heterocycles. The second-order valence-electron chi connectivity index (χ2n) is 5.01. The Balaban J connectivity index is 2.70. The molecule has 1 rings (SSSR count).